The number of aliphatic hydroxyl groups is 3. The van der Waals surface area contributed by atoms with Crippen molar-refractivity contribution in [1.82, 2.24) is 0 Å². The van der Waals surface area contributed by atoms with Crippen molar-refractivity contribution in [3.8, 4) is 0 Å². The first-order valence-electron chi connectivity index (χ1n) is 25.3. The number of allylic oxidation sites excluding steroid dienone is 9. The normalized spacial score (nSPS) is 19.8. The molecule has 1 rings (SSSR count). The fraction of sp³-hybridized carbons (Fsp3) is 0.755. The molecule has 0 radical (unpaired) electrons. The molecule has 0 aromatic heterocycles. The van der Waals surface area contributed by atoms with Gasteiger partial charge in [0.1, 0.15) is 24.9 Å². The van der Waals surface area contributed by atoms with Crippen LogP contribution in [0.1, 0.15) is 206 Å². The van der Waals surface area contributed by atoms with E-state index in [9.17, 15) is 34.8 Å². The summed E-state index contributed by atoms with van der Waals surface area (Å²) in [6.07, 6.45) is 44.5. The lowest BCUT2D eigenvalue weighted by atomic mass is 9.99. The van der Waals surface area contributed by atoms with Crippen molar-refractivity contribution in [1.29, 1.82) is 0 Å². The van der Waals surface area contributed by atoms with Crippen LogP contribution in [0.25, 0.3) is 0 Å². The Labute approximate surface area is 387 Å². The number of unbranched alkanes of at least 4 members (excludes halogenated alkanes) is 22. The summed E-state index contributed by atoms with van der Waals surface area (Å²) in [5, 5.41) is 39.9. The van der Waals surface area contributed by atoms with E-state index in [1.54, 1.807) is 6.08 Å². The number of aliphatic carboxylic acids is 1. The molecule has 0 bridgehead atoms. The first-order valence-corrected chi connectivity index (χ1v) is 25.3. The number of aliphatic hydroxyl groups excluding tert-OH is 3. The molecule has 6 unspecified atom stereocenters. The molecule has 11 nitrogen and oxygen atoms in total. The lowest BCUT2D eigenvalue weighted by Gasteiger charge is -2.38. The van der Waals surface area contributed by atoms with E-state index in [0.717, 1.165) is 44.9 Å². The molecule has 1 fully saturated rings. The quantitative estimate of drug-likeness (QED) is 0.0261. The third-order valence-electron chi connectivity index (χ3n) is 11.4. The molecule has 1 aliphatic rings. The van der Waals surface area contributed by atoms with E-state index in [1.807, 2.05) is 12.2 Å². The molecule has 368 valence electrons. The monoisotopic (exact) mass is 903 g/mol. The van der Waals surface area contributed by atoms with Crippen molar-refractivity contribution in [3.63, 3.8) is 0 Å². The number of carbonyl (C=O) groups excluding carboxylic acids is 2. The van der Waals surface area contributed by atoms with Gasteiger partial charge in [0.05, 0.1) is 13.0 Å². The van der Waals surface area contributed by atoms with Crippen LogP contribution in [-0.4, -0.2) is 88.4 Å². The highest BCUT2D eigenvalue weighted by atomic mass is 16.7. The maximum atomic E-state index is 12.8. The van der Waals surface area contributed by atoms with Crippen LogP contribution in [0.15, 0.2) is 60.8 Å². The van der Waals surface area contributed by atoms with Crippen molar-refractivity contribution in [2.75, 3.05) is 13.2 Å². The predicted molar refractivity (Wildman–Crippen MR) is 257 cm³/mol. The van der Waals surface area contributed by atoms with Gasteiger partial charge in [-0.3, -0.25) is 9.59 Å². The van der Waals surface area contributed by atoms with Crippen LogP contribution >= 0.6 is 0 Å². The molecule has 0 amide bonds. The highest BCUT2D eigenvalue weighted by molar-refractivity contribution is 5.73. The predicted octanol–water partition coefficient (Wildman–Crippen LogP) is 11.9. The highest BCUT2D eigenvalue weighted by Gasteiger charge is 2.47. The van der Waals surface area contributed by atoms with Crippen molar-refractivity contribution in [2.24, 2.45) is 0 Å². The van der Waals surface area contributed by atoms with Crippen molar-refractivity contribution in [2.45, 2.75) is 243 Å². The zero-order valence-corrected chi connectivity index (χ0v) is 40.0. The lowest BCUT2D eigenvalue weighted by molar-refractivity contribution is -0.298. The first kappa shape index (κ1) is 58.9. The number of ether oxygens (including phenoxy) is 4. The topological polar surface area (TPSA) is 169 Å². The van der Waals surface area contributed by atoms with Crippen LogP contribution in [0.3, 0.4) is 0 Å². The molecule has 0 spiro atoms. The molecular formula is C53H90O11. The molecule has 11 heteroatoms. The van der Waals surface area contributed by atoms with Gasteiger partial charge in [0.2, 0.25) is 0 Å². The summed E-state index contributed by atoms with van der Waals surface area (Å²) in [7, 11) is 0. The van der Waals surface area contributed by atoms with Crippen LogP contribution in [0.2, 0.25) is 0 Å². The van der Waals surface area contributed by atoms with E-state index >= 15 is 0 Å². The molecule has 64 heavy (non-hydrogen) atoms. The smallest absolute Gasteiger partial charge is 0.335 e. The van der Waals surface area contributed by atoms with E-state index < -0.39 is 61.3 Å². The Bertz CT molecular complexity index is 1290. The zero-order valence-electron chi connectivity index (χ0n) is 40.0. The molecule has 4 N–H and O–H groups in total. The Morgan fingerprint density at radius 2 is 0.906 bits per heavy atom. The SMILES string of the molecule is CC/C=C\C/C=C\C/C=C\C/C=C\C/C=C\CC(=O)OCC(COC1OC(C(=O)O)C(O)C(O)C1O)OC(=O)CCCCCCCCCCCCCCCCCCCCCCCCC. The average Bonchev–Trinajstić information content (AvgIpc) is 3.28. The van der Waals surface area contributed by atoms with Gasteiger partial charge >= 0.3 is 17.9 Å². The lowest BCUT2D eigenvalue weighted by Crippen LogP contribution is -2.60. The summed E-state index contributed by atoms with van der Waals surface area (Å²) in [5.74, 6) is -2.60. The number of rotatable bonds is 42. The summed E-state index contributed by atoms with van der Waals surface area (Å²) < 4.78 is 21.7. The minimum atomic E-state index is -1.87. The van der Waals surface area contributed by atoms with E-state index in [1.165, 1.54) is 122 Å². The van der Waals surface area contributed by atoms with Crippen molar-refractivity contribution < 1.29 is 53.8 Å². The maximum Gasteiger partial charge on any atom is 0.335 e. The molecular weight excluding hydrogens is 813 g/mol. The van der Waals surface area contributed by atoms with E-state index in [0.29, 0.717) is 12.8 Å². The number of hydrogen-bond donors (Lipinski definition) is 4. The molecule has 0 aromatic rings. The number of carboxylic acid groups (broad SMARTS) is 1. The molecule has 0 saturated carbocycles. The number of carbonyl (C=O) groups is 3. The average molecular weight is 903 g/mol. The van der Waals surface area contributed by atoms with Gasteiger partial charge in [-0.05, 0) is 38.5 Å². The largest absolute Gasteiger partial charge is 0.479 e. The Morgan fingerprint density at radius 3 is 1.33 bits per heavy atom. The van der Waals surface area contributed by atoms with Gasteiger partial charge < -0.3 is 39.4 Å². The minimum absolute atomic E-state index is 0.00335. The Kier molecular flexibility index (Phi) is 39.2. The van der Waals surface area contributed by atoms with Crippen molar-refractivity contribution >= 4 is 17.9 Å². The van der Waals surface area contributed by atoms with Gasteiger partial charge in [-0.2, -0.15) is 0 Å². The Hall–Kier alpha value is -3.09. The molecule has 1 aliphatic heterocycles. The van der Waals surface area contributed by atoms with Gasteiger partial charge in [0.25, 0.3) is 0 Å². The minimum Gasteiger partial charge on any atom is -0.479 e. The summed E-state index contributed by atoms with van der Waals surface area (Å²) in [5.41, 5.74) is 0. The van der Waals surface area contributed by atoms with Crippen LogP contribution in [0.4, 0.5) is 0 Å². The van der Waals surface area contributed by atoms with Gasteiger partial charge in [0.15, 0.2) is 18.5 Å². The van der Waals surface area contributed by atoms with Crippen molar-refractivity contribution in [3.05, 3.63) is 60.8 Å². The van der Waals surface area contributed by atoms with Crippen LogP contribution in [-0.2, 0) is 33.3 Å². The van der Waals surface area contributed by atoms with E-state index in [4.69, 9.17) is 18.9 Å². The fourth-order valence-corrected chi connectivity index (χ4v) is 7.48. The second-order valence-electron chi connectivity index (χ2n) is 17.3. The second-order valence-corrected chi connectivity index (χ2v) is 17.3. The summed E-state index contributed by atoms with van der Waals surface area (Å²) in [6, 6.07) is 0. The number of hydrogen-bond acceptors (Lipinski definition) is 10. The van der Waals surface area contributed by atoms with Gasteiger partial charge in [-0.1, -0.05) is 216 Å². The van der Waals surface area contributed by atoms with Gasteiger partial charge in [-0.25, -0.2) is 4.79 Å². The third kappa shape index (κ3) is 33.4. The Balaban J connectivity index is 2.32. The van der Waals surface area contributed by atoms with Crippen LogP contribution < -0.4 is 0 Å². The van der Waals surface area contributed by atoms with E-state index in [2.05, 4.69) is 56.4 Å². The summed E-state index contributed by atoms with van der Waals surface area (Å²) in [6.45, 7) is 3.63. The molecule has 6 atom stereocenters. The standard InChI is InChI=1S/C53H90O11/c1-3-5-7-9-11-13-15-17-19-20-21-22-23-24-25-26-28-30-32-34-36-38-40-42-47(55)63-45(44-62-53-50(58)48(56)49(57)51(64-53)52(59)60)43-61-46(54)41-39-37-35-33-31-29-27-18-16-14-12-10-8-6-4-2/h6,8,12,14,18,27,31,33,37,39,45,48-51,53,56-58H,3-5,7,9-11,13,15-17,19-26,28-30,32,34-36,38,40-44H2,1-2H3,(H,59,60)/b8-6-,14-12-,27-18-,33-31-,39-37-. The maximum absolute atomic E-state index is 12.8. The second kappa shape index (κ2) is 42.5. The number of esters is 2. The molecule has 0 aliphatic carbocycles. The third-order valence-corrected chi connectivity index (χ3v) is 11.4. The van der Waals surface area contributed by atoms with Crippen LogP contribution in [0, 0.1) is 0 Å². The Morgan fingerprint density at radius 1 is 0.500 bits per heavy atom. The van der Waals surface area contributed by atoms with E-state index in [-0.39, 0.29) is 19.4 Å². The van der Waals surface area contributed by atoms with Gasteiger partial charge in [0, 0.05) is 6.42 Å². The summed E-state index contributed by atoms with van der Waals surface area (Å²) in [4.78, 5) is 36.9. The molecule has 1 heterocycles. The van der Waals surface area contributed by atoms with Crippen LogP contribution in [0.5, 0.6) is 0 Å². The fourth-order valence-electron chi connectivity index (χ4n) is 7.48. The zero-order chi connectivity index (χ0) is 46.7. The highest BCUT2D eigenvalue weighted by Crippen LogP contribution is 2.23. The van der Waals surface area contributed by atoms with Gasteiger partial charge in [-0.15, -0.1) is 0 Å². The molecule has 1 saturated heterocycles. The molecule has 0 aromatic carbocycles. The summed E-state index contributed by atoms with van der Waals surface area (Å²) >= 11 is 0. The number of carboxylic acids is 1. The first-order chi connectivity index (χ1) is 31.2.